The Morgan fingerprint density at radius 3 is 2.65 bits per heavy atom. The molecule has 1 heterocycles. The highest BCUT2D eigenvalue weighted by molar-refractivity contribution is 7.99. The SMILES string of the molecule is CC(=O)Nc1cccc(NC(=O)CSc2nnnn2C2CCCCC2)c1. The van der Waals surface area contributed by atoms with Crippen molar-refractivity contribution in [2.45, 2.75) is 50.2 Å². The van der Waals surface area contributed by atoms with E-state index in [1.807, 2.05) is 4.68 Å². The van der Waals surface area contributed by atoms with Crippen LogP contribution >= 0.6 is 11.8 Å². The molecule has 3 rings (SSSR count). The summed E-state index contributed by atoms with van der Waals surface area (Å²) >= 11 is 1.33. The van der Waals surface area contributed by atoms with Crippen molar-refractivity contribution in [2.75, 3.05) is 16.4 Å². The van der Waals surface area contributed by atoms with Gasteiger partial charge in [0.05, 0.1) is 11.8 Å². The lowest BCUT2D eigenvalue weighted by Crippen LogP contribution is -2.17. The lowest BCUT2D eigenvalue weighted by molar-refractivity contribution is -0.114. The zero-order valence-corrected chi connectivity index (χ0v) is 15.5. The second kappa shape index (κ2) is 8.79. The molecule has 2 N–H and O–H groups in total. The van der Waals surface area contributed by atoms with E-state index in [-0.39, 0.29) is 17.6 Å². The zero-order valence-electron chi connectivity index (χ0n) is 14.6. The molecule has 0 spiro atoms. The third kappa shape index (κ3) is 5.04. The van der Waals surface area contributed by atoms with Crippen molar-refractivity contribution in [2.24, 2.45) is 0 Å². The summed E-state index contributed by atoms with van der Waals surface area (Å²) in [5, 5.41) is 18.1. The van der Waals surface area contributed by atoms with Gasteiger partial charge in [-0.15, -0.1) is 5.10 Å². The molecule has 0 aliphatic heterocycles. The summed E-state index contributed by atoms with van der Waals surface area (Å²) in [6.45, 7) is 1.44. The molecule has 0 bridgehead atoms. The molecule has 0 unspecified atom stereocenters. The summed E-state index contributed by atoms with van der Waals surface area (Å²) in [6.07, 6.45) is 5.82. The van der Waals surface area contributed by atoms with E-state index in [0.29, 0.717) is 22.6 Å². The van der Waals surface area contributed by atoms with Crippen LogP contribution in [0.5, 0.6) is 0 Å². The molecule has 0 radical (unpaired) electrons. The van der Waals surface area contributed by atoms with Crippen LogP contribution < -0.4 is 10.6 Å². The molecule has 2 amide bonds. The van der Waals surface area contributed by atoms with Gasteiger partial charge in [0, 0.05) is 18.3 Å². The van der Waals surface area contributed by atoms with Gasteiger partial charge in [0.2, 0.25) is 17.0 Å². The third-order valence-electron chi connectivity index (χ3n) is 4.18. The number of hydrogen-bond donors (Lipinski definition) is 2. The number of aromatic nitrogens is 4. The minimum Gasteiger partial charge on any atom is -0.326 e. The normalized spacial score (nSPS) is 14.8. The van der Waals surface area contributed by atoms with Crippen LogP contribution in [0.1, 0.15) is 45.1 Å². The van der Waals surface area contributed by atoms with Gasteiger partial charge in [-0.3, -0.25) is 9.59 Å². The molecule has 1 saturated carbocycles. The van der Waals surface area contributed by atoms with Crippen LogP contribution in [-0.4, -0.2) is 37.8 Å². The molecular formula is C17H22N6O2S. The van der Waals surface area contributed by atoms with Crippen molar-refractivity contribution < 1.29 is 9.59 Å². The van der Waals surface area contributed by atoms with Crippen molar-refractivity contribution in [3.05, 3.63) is 24.3 Å². The van der Waals surface area contributed by atoms with Crippen LogP contribution in [0, 0.1) is 0 Å². The van der Waals surface area contributed by atoms with Gasteiger partial charge in [0.1, 0.15) is 0 Å². The number of thioether (sulfide) groups is 1. The Balaban J connectivity index is 1.55. The minimum atomic E-state index is -0.154. The summed E-state index contributed by atoms with van der Waals surface area (Å²) in [5.41, 5.74) is 1.28. The molecule has 1 aliphatic rings. The fourth-order valence-electron chi connectivity index (χ4n) is 3.04. The predicted molar refractivity (Wildman–Crippen MR) is 100 cm³/mol. The summed E-state index contributed by atoms with van der Waals surface area (Å²) in [4.78, 5) is 23.4. The number of rotatable bonds is 6. The molecule has 1 aromatic carbocycles. The summed E-state index contributed by atoms with van der Waals surface area (Å²) in [6, 6.07) is 7.37. The number of hydrogen-bond acceptors (Lipinski definition) is 6. The van der Waals surface area contributed by atoms with Gasteiger partial charge in [0.25, 0.3) is 0 Å². The van der Waals surface area contributed by atoms with E-state index in [1.54, 1.807) is 24.3 Å². The topological polar surface area (TPSA) is 102 Å². The van der Waals surface area contributed by atoms with Gasteiger partial charge in [-0.1, -0.05) is 37.1 Å². The number of amides is 2. The summed E-state index contributed by atoms with van der Waals surface area (Å²) < 4.78 is 1.86. The monoisotopic (exact) mass is 374 g/mol. The maximum Gasteiger partial charge on any atom is 0.234 e. The van der Waals surface area contributed by atoms with Gasteiger partial charge in [-0.05, 0) is 41.5 Å². The van der Waals surface area contributed by atoms with Crippen LogP contribution in [0.4, 0.5) is 11.4 Å². The number of nitrogens with one attached hydrogen (secondary N) is 2. The van der Waals surface area contributed by atoms with E-state index in [0.717, 1.165) is 12.8 Å². The Kier molecular flexibility index (Phi) is 6.21. The quantitative estimate of drug-likeness (QED) is 0.754. The van der Waals surface area contributed by atoms with Gasteiger partial charge in [0.15, 0.2) is 0 Å². The van der Waals surface area contributed by atoms with Crippen LogP contribution in [0.3, 0.4) is 0 Å². The molecule has 1 aromatic heterocycles. The Labute approximate surface area is 156 Å². The van der Waals surface area contributed by atoms with Crippen molar-refractivity contribution >= 4 is 35.0 Å². The number of carbonyl (C=O) groups excluding carboxylic acids is 2. The Morgan fingerprint density at radius 1 is 1.19 bits per heavy atom. The molecule has 1 aliphatic carbocycles. The Hall–Kier alpha value is -2.42. The molecule has 0 atom stereocenters. The van der Waals surface area contributed by atoms with E-state index in [9.17, 15) is 9.59 Å². The molecule has 9 heteroatoms. The maximum atomic E-state index is 12.2. The van der Waals surface area contributed by atoms with E-state index < -0.39 is 0 Å². The highest BCUT2D eigenvalue weighted by Crippen LogP contribution is 2.30. The van der Waals surface area contributed by atoms with Crippen molar-refractivity contribution in [3.8, 4) is 0 Å². The number of benzene rings is 1. The van der Waals surface area contributed by atoms with Crippen LogP contribution in [0.15, 0.2) is 29.4 Å². The fourth-order valence-corrected chi connectivity index (χ4v) is 3.78. The van der Waals surface area contributed by atoms with Crippen molar-refractivity contribution in [1.82, 2.24) is 20.2 Å². The first-order chi connectivity index (χ1) is 12.6. The molecule has 0 saturated heterocycles. The number of tetrazole rings is 1. The Bertz CT molecular complexity index is 772. The summed E-state index contributed by atoms with van der Waals surface area (Å²) in [7, 11) is 0. The fraction of sp³-hybridized carbons (Fsp3) is 0.471. The van der Waals surface area contributed by atoms with Crippen molar-refractivity contribution in [3.63, 3.8) is 0 Å². The average Bonchev–Trinajstić information content (AvgIpc) is 3.09. The second-order valence-electron chi connectivity index (χ2n) is 6.30. The molecule has 8 nitrogen and oxygen atoms in total. The van der Waals surface area contributed by atoms with Crippen molar-refractivity contribution in [1.29, 1.82) is 0 Å². The van der Waals surface area contributed by atoms with E-state index in [4.69, 9.17) is 0 Å². The summed E-state index contributed by atoms with van der Waals surface area (Å²) in [5.74, 6) is -0.0796. The predicted octanol–water partition coefficient (Wildman–Crippen LogP) is 2.87. The smallest absolute Gasteiger partial charge is 0.234 e. The molecule has 26 heavy (non-hydrogen) atoms. The first-order valence-corrected chi connectivity index (χ1v) is 9.68. The third-order valence-corrected chi connectivity index (χ3v) is 5.12. The average molecular weight is 374 g/mol. The first kappa shape index (κ1) is 18.4. The van der Waals surface area contributed by atoms with Crippen LogP contribution in [0.2, 0.25) is 0 Å². The first-order valence-electron chi connectivity index (χ1n) is 8.70. The van der Waals surface area contributed by atoms with Gasteiger partial charge >= 0.3 is 0 Å². The molecule has 1 fully saturated rings. The van der Waals surface area contributed by atoms with E-state index in [2.05, 4.69) is 26.2 Å². The lowest BCUT2D eigenvalue weighted by Gasteiger charge is -2.21. The Morgan fingerprint density at radius 2 is 1.92 bits per heavy atom. The molecule has 2 aromatic rings. The van der Waals surface area contributed by atoms with Crippen LogP contribution in [-0.2, 0) is 9.59 Å². The highest BCUT2D eigenvalue weighted by Gasteiger charge is 2.20. The van der Waals surface area contributed by atoms with Gasteiger partial charge < -0.3 is 10.6 Å². The van der Waals surface area contributed by atoms with Gasteiger partial charge in [-0.25, -0.2) is 4.68 Å². The molecule has 138 valence electrons. The largest absolute Gasteiger partial charge is 0.326 e. The number of nitrogens with zero attached hydrogens (tertiary/aromatic N) is 4. The lowest BCUT2D eigenvalue weighted by atomic mass is 9.96. The number of anilines is 2. The minimum absolute atomic E-state index is 0.145. The molecular weight excluding hydrogens is 352 g/mol. The zero-order chi connectivity index (χ0) is 18.4. The van der Waals surface area contributed by atoms with Gasteiger partial charge in [-0.2, -0.15) is 0 Å². The maximum absolute atomic E-state index is 12.2. The van der Waals surface area contributed by atoms with Crippen LogP contribution in [0.25, 0.3) is 0 Å². The number of carbonyl (C=O) groups is 2. The second-order valence-corrected chi connectivity index (χ2v) is 7.24. The van der Waals surface area contributed by atoms with E-state index >= 15 is 0 Å². The van der Waals surface area contributed by atoms with E-state index in [1.165, 1.54) is 37.9 Å². The standard InChI is InChI=1S/C17H22N6O2S/c1-12(24)18-13-6-5-7-14(10-13)19-16(25)11-26-17-20-21-22-23(17)15-8-3-2-4-9-15/h5-7,10,15H,2-4,8-9,11H2,1H3,(H,18,24)(H,19,25). The highest BCUT2D eigenvalue weighted by atomic mass is 32.2.